The van der Waals surface area contributed by atoms with Gasteiger partial charge in [0.1, 0.15) is 0 Å². The van der Waals surface area contributed by atoms with Gasteiger partial charge in [-0.3, -0.25) is 4.79 Å². The van der Waals surface area contributed by atoms with Crippen molar-refractivity contribution in [3.05, 3.63) is 64.7 Å². The van der Waals surface area contributed by atoms with Gasteiger partial charge >= 0.3 is 5.97 Å². The van der Waals surface area contributed by atoms with Crippen molar-refractivity contribution < 1.29 is 22.7 Å². The quantitative estimate of drug-likeness (QED) is 0.759. The summed E-state index contributed by atoms with van der Waals surface area (Å²) in [6.45, 7) is 1.66. The monoisotopic (exact) mass is 395 g/mol. The molecule has 0 fully saturated rings. The summed E-state index contributed by atoms with van der Waals surface area (Å²) in [6, 6.07) is 12.4. The Bertz CT molecular complexity index is 909. The molecule has 2 aromatic rings. The van der Waals surface area contributed by atoms with Gasteiger partial charge in [0.25, 0.3) is 5.91 Å². The summed E-state index contributed by atoms with van der Waals surface area (Å²) in [6.07, 6.45) is 0.0608. The number of rotatable bonds is 6. The Morgan fingerprint density at radius 3 is 2.31 bits per heavy atom. The summed E-state index contributed by atoms with van der Waals surface area (Å²) in [5.74, 6) is -1.18. The molecule has 0 saturated carbocycles. The molecule has 0 spiro atoms. The van der Waals surface area contributed by atoms with Gasteiger partial charge in [0.05, 0.1) is 10.5 Å². The van der Waals surface area contributed by atoms with E-state index in [4.69, 9.17) is 16.3 Å². The molecule has 1 atom stereocenters. The van der Waals surface area contributed by atoms with E-state index in [9.17, 15) is 18.0 Å². The van der Waals surface area contributed by atoms with E-state index in [1.807, 2.05) is 0 Å². The number of ether oxygens (including phenoxy) is 1. The fourth-order valence-corrected chi connectivity index (χ4v) is 2.92. The van der Waals surface area contributed by atoms with Gasteiger partial charge in [-0.15, -0.1) is 0 Å². The molecular weight excluding hydrogens is 378 g/mol. The molecule has 0 saturated heterocycles. The first-order valence-electron chi connectivity index (χ1n) is 7.70. The molecule has 6 nitrogen and oxygen atoms in total. The second kappa shape index (κ2) is 8.33. The van der Waals surface area contributed by atoms with Crippen molar-refractivity contribution in [2.45, 2.75) is 24.5 Å². The Hall–Kier alpha value is -2.38. The van der Waals surface area contributed by atoms with Crippen LogP contribution in [0.1, 0.15) is 22.8 Å². The molecule has 0 aliphatic rings. The number of carbonyl (C=O) groups is 2. The van der Waals surface area contributed by atoms with E-state index in [1.165, 1.54) is 31.2 Å². The second-order valence-electron chi connectivity index (χ2n) is 5.65. The van der Waals surface area contributed by atoms with Gasteiger partial charge in [0.15, 0.2) is 15.9 Å². The largest absolute Gasteiger partial charge is 0.449 e. The maximum atomic E-state index is 12.1. The number of amides is 1. The van der Waals surface area contributed by atoms with E-state index in [1.54, 1.807) is 24.3 Å². The Morgan fingerprint density at radius 2 is 1.73 bits per heavy atom. The van der Waals surface area contributed by atoms with Crippen LogP contribution in [0.4, 0.5) is 0 Å². The lowest BCUT2D eigenvalue weighted by Gasteiger charge is -2.14. The van der Waals surface area contributed by atoms with Crippen LogP contribution in [-0.2, 0) is 25.9 Å². The topological polar surface area (TPSA) is 89.5 Å². The first-order valence-corrected chi connectivity index (χ1v) is 9.97. The number of benzene rings is 2. The van der Waals surface area contributed by atoms with Crippen LogP contribution in [0.5, 0.6) is 0 Å². The number of hydrogen-bond acceptors (Lipinski definition) is 5. The van der Waals surface area contributed by atoms with Gasteiger partial charge < -0.3 is 10.1 Å². The van der Waals surface area contributed by atoms with Gasteiger partial charge in [-0.1, -0.05) is 29.8 Å². The molecule has 8 heteroatoms. The molecular formula is C18H18ClNO5S. The lowest BCUT2D eigenvalue weighted by atomic mass is 10.2. The molecule has 2 aromatic carbocycles. The van der Waals surface area contributed by atoms with Crippen molar-refractivity contribution in [3.63, 3.8) is 0 Å². The minimum Gasteiger partial charge on any atom is -0.449 e. The lowest BCUT2D eigenvalue weighted by molar-refractivity contribution is -0.129. The van der Waals surface area contributed by atoms with Crippen LogP contribution < -0.4 is 5.32 Å². The van der Waals surface area contributed by atoms with Crippen LogP contribution in [0.2, 0.25) is 5.02 Å². The van der Waals surface area contributed by atoms with E-state index in [0.29, 0.717) is 5.02 Å². The van der Waals surface area contributed by atoms with E-state index in [0.717, 1.165) is 11.8 Å². The molecule has 138 valence electrons. The summed E-state index contributed by atoms with van der Waals surface area (Å²) < 4.78 is 27.9. The number of nitrogens with one attached hydrogen (secondary N) is 1. The molecule has 2 rings (SSSR count). The minimum absolute atomic E-state index is 0.0968. The zero-order valence-electron chi connectivity index (χ0n) is 14.2. The predicted molar refractivity (Wildman–Crippen MR) is 97.7 cm³/mol. The van der Waals surface area contributed by atoms with Gasteiger partial charge in [0.2, 0.25) is 0 Å². The van der Waals surface area contributed by atoms with Gasteiger partial charge in [-0.05, 0) is 42.8 Å². The van der Waals surface area contributed by atoms with Crippen LogP contribution in [0, 0.1) is 0 Å². The second-order valence-corrected chi connectivity index (χ2v) is 8.08. The molecule has 1 N–H and O–H groups in total. The van der Waals surface area contributed by atoms with Crippen LogP contribution in [0.25, 0.3) is 0 Å². The third-order valence-corrected chi connectivity index (χ3v) is 5.08. The summed E-state index contributed by atoms with van der Waals surface area (Å²) >= 11 is 6.02. The fraction of sp³-hybridized carbons (Fsp3) is 0.222. The third kappa shape index (κ3) is 5.31. The molecule has 0 aliphatic heterocycles. The highest BCUT2D eigenvalue weighted by molar-refractivity contribution is 7.90. The predicted octanol–water partition coefficient (Wildman–Crippen LogP) is 2.61. The molecule has 0 bridgehead atoms. The van der Waals surface area contributed by atoms with Crippen molar-refractivity contribution >= 4 is 33.3 Å². The first-order chi connectivity index (χ1) is 12.2. The third-order valence-electron chi connectivity index (χ3n) is 3.58. The van der Waals surface area contributed by atoms with Crippen LogP contribution in [0.15, 0.2) is 53.4 Å². The van der Waals surface area contributed by atoms with Crippen LogP contribution in [-0.4, -0.2) is 32.7 Å². The van der Waals surface area contributed by atoms with E-state index >= 15 is 0 Å². The smallest absolute Gasteiger partial charge is 0.338 e. The van der Waals surface area contributed by atoms with Crippen molar-refractivity contribution in [1.82, 2.24) is 5.32 Å². The normalized spacial score (nSPS) is 12.3. The Labute approximate surface area is 157 Å². The molecule has 0 heterocycles. The maximum Gasteiger partial charge on any atom is 0.338 e. The van der Waals surface area contributed by atoms with E-state index < -0.39 is 27.8 Å². The lowest BCUT2D eigenvalue weighted by Crippen LogP contribution is -2.35. The molecule has 0 aromatic heterocycles. The number of sulfone groups is 1. The van der Waals surface area contributed by atoms with Crippen molar-refractivity contribution in [1.29, 1.82) is 0 Å². The molecule has 1 amide bonds. The van der Waals surface area contributed by atoms with E-state index in [-0.39, 0.29) is 17.0 Å². The van der Waals surface area contributed by atoms with Crippen molar-refractivity contribution in [2.75, 3.05) is 6.26 Å². The highest BCUT2D eigenvalue weighted by Gasteiger charge is 2.19. The summed E-state index contributed by atoms with van der Waals surface area (Å²) in [5, 5.41) is 3.18. The molecule has 1 unspecified atom stereocenters. The number of esters is 1. The number of carbonyl (C=O) groups excluding carboxylic acids is 2. The molecule has 0 aliphatic carbocycles. The number of hydrogen-bond donors (Lipinski definition) is 1. The standard InChI is InChI=1S/C18H18ClNO5S/c1-12(17(21)20-11-14-5-3-4-6-16(14)19)25-18(22)13-7-9-15(10-8-13)26(2,23)24/h3-10,12H,11H2,1-2H3,(H,20,21). The zero-order valence-corrected chi connectivity index (χ0v) is 15.8. The van der Waals surface area contributed by atoms with Crippen LogP contribution >= 0.6 is 11.6 Å². The summed E-state index contributed by atoms with van der Waals surface area (Å²) in [5.41, 5.74) is 0.903. The Balaban J connectivity index is 1.93. The van der Waals surface area contributed by atoms with Crippen molar-refractivity contribution in [3.8, 4) is 0 Å². The minimum atomic E-state index is -3.35. The highest BCUT2D eigenvalue weighted by Crippen LogP contribution is 2.15. The van der Waals surface area contributed by atoms with Crippen LogP contribution in [0.3, 0.4) is 0 Å². The average Bonchev–Trinajstić information content (AvgIpc) is 2.60. The highest BCUT2D eigenvalue weighted by atomic mass is 35.5. The maximum absolute atomic E-state index is 12.1. The Morgan fingerprint density at radius 1 is 1.12 bits per heavy atom. The Kier molecular flexibility index (Phi) is 6.39. The van der Waals surface area contributed by atoms with Gasteiger partial charge in [-0.2, -0.15) is 0 Å². The van der Waals surface area contributed by atoms with E-state index in [2.05, 4.69) is 5.32 Å². The van der Waals surface area contributed by atoms with Gasteiger partial charge in [0, 0.05) is 17.8 Å². The first kappa shape index (κ1) is 19.9. The zero-order chi connectivity index (χ0) is 19.3. The summed E-state index contributed by atoms with van der Waals surface area (Å²) in [4.78, 5) is 24.2. The average molecular weight is 396 g/mol. The summed E-state index contributed by atoms with van der Waals surface area (Å²) in [7, 11) is -3.35. The van der Waals surface area contributed by atoms with Crippen molar-refractivity contribution in [2.24, 2.45) is 0 Å². The molecule has 0 radical (unpaired) electrons. The number of halogens is 1. The molecule has 26 heavy (non-hydrogen) atoms. The SMILES string of the molecule is CC(OC(=O)c1ccc(S(C)(=O)=O)cc1)C(=O)NCc1ccccc1Cl. The fourth-order valence-electron chi connectivity index (χ4n) is 2.09. The van der Waals surface area contributed by atoms with Gasteiger partial charge in [-0.25, -0.2) is 13.2 Å².